The minimum absolute atomic E-state index is 0.0215. The Labute approximate surface area is 124 Å². The molecular weight excluding hydrogens is 266 g/mol. The van der Waals surface area contributed by atoms with Crippen molar-refractivity contribution in [1.29, 1.82) is 0 Å². The molecular formula is C14H21N7. The highest BCUT2D eigenvalue weighted by Gasteiger charge is 2.27. The van der Waals surface area contributed by atoms with Gasteiger partial charge in [-0.15, -0.1) is 20.4 Å². The molecule has 2 N–H and O–H groups in total. The van der Waals surface area contributed by atoms with Crippen LogP contribution in [0.2, 0.25) is 0 Å². The predicted molar refractivity (Wildman–Crippen MR) is 79.0 cm³/mol. The monoisotopic (exact) mass is 287 g/mol. The third-order valence-electron chi connectivity index (χ3n) is 2.86. The van der Waals surface area contributed by atoms with E-state index in [1.807, 2.05) is 13.8 Å². The molecule has 0 saturated heterocycles. The highest BCUT2D eigenvalue weighted by Crippen LogP contribution is 2.29. The first kappa shape index (κ1) is 15.4. The number of hydrogen-bond donors (Lipinski definition) is 1. The van der Waals surface area contributed by atoms with Gasteiger partial charge in [0.25, 0.3) is 0 Å². The van der Waals surface area contributed by atoms with Gasteiger partial charge in [-0.3, -0.25) is 0 Å². The second-order valence-electron chi connectivity index (χ2n) is 6.72. The third kappa shape index (κ3) is 4.78. The molecule has 0 radical (unpaired) electrons. The summed E-state index contributed by atoms with van der Waals surface area (Å²) in [4.78, 5) is 8.14. The van der Waals surface area contributed by atoms with Crippen molar-refractivity contribution in [3.05, 3.63) is 24.3 Å². The molecule has 2 aromatic rings. The molecule has 0 fully saturated rings. The van der Waals surface area contributed by atoms with Crippen molar-refractivity contribution in [1.82, 2.24) is 30.4 Å². The Bertz CT molecular complexity index is 573. The quantitative estimate of drug-likeness (QED) is 0.886. The van der Waals surface area contributed by atoms with Crippen molar-refractivity contribution in [3.8, 4) is 11.6 Å². The Morgan fingerprint density at radius 1 is 0.905 bits per heavy atom. The van der Waals surface area contributed by atoms with Gasteiger partial charge in [0, 0.05) is 24.4 Å². The molecule has 0 saturated carbocycles. The normalized spacial score (nSPS) is 12.4. The largest absolute Gasteiger partial charge is 0.326 e. The van der Waals surface area contributed by atoms with E-state index in [0.29, 0.717) is 23.9 Å². The molecule has 0 aliphatic heterocycles. The van der Waals surface area contributed by atoms with Gasteiger partial charge in [0.15, 0.2) is 5.82 Å². The molecule has 112 valence electrons. The second-order valence-corrected chi connectivity index (χ2v) is 6.72. The lowest BCUT2D eigenvalue weighted by atomic mass is 9.78. The molecule has 0 spiro atoms. The van der Waals surface area contributed by atoms with Crippen molar-refractivity contribution >= 4 is 0 Å². The van der Waals surface area contributed by atoms with Crippen LogP contribution in [0.25, 0.3) is 11.6 Å². The van der Waals surface area contributed by atoms with E-state index in [2.05, 4.69) is 44.2 Å². The summed E-state index contributed by atoms with van der Waals surface area (Å²) in [5.74, 6) is 1.35. The molecule has 2 heterocycles. The van der Waals surface area contributed by atoms with Gasteiger partial charge in [-0.2, -0.15) is 0 Å². The van der Waals surface area contributed by atoms with Crippen LogP contribution < -0.4 is 5.73 Å². The summed E-state index contributed by atoms with van der Waals surface area (Å²) in [7, 11) is 0. The lowest BCUT2D eigenvalue weighted by Gasteiger charge is -2.31. The second kappa shape index (κ2) is 5.77. The number of nitrogens with zero attached hydrogens (tertiary/aromatic N) is 6. The Morgan fingerprint density at radius 2 is 1.48 bits per heavy atom. The Balaban J connectivity index is 2.09. The summed E-state index contributed by atoms with van der Waals surface area (Å²) in [6, 6.07) is 1.73. The summed E-state index contributed by atoms with van der Waals surface area (Å²) in [6.07, 6.45) is 4.79. The van der Waals surface area contributed by atoms with E-state index >= 15 is 0 Å². The molecule has 7 nitrogen and oxygen atoms in total. The Hall–Kier alpha value is -2.02. The van der Waals surface area contributed by atoms with E-state index in [0.717, 1.165) is 6.42 Å². The minimum atomic E-state index is -0.234. The summed E-state index contributed by atoms with van der Waals surface area (Å²) in [6.45, 7) is 8.31. The molecule has 0 amide bonds. The number of nitrogens with two attached hydrogens (primary N) is 1. The fraction of sp³-hybridized carbons (Fsp3) is 0.571. The van der Waals surface area contributed by atoms with Crippen molar-refractivity contribution < 1.29 is 0 Å². The summed E-state index contributed by atoms with van der Waals surface area (Å²) in [5, 5.41) is 16.4. The van der Waals surface area contributed by atoms with Crippen LogP contribution in [-0.2, 0) is 6.42 Å². The zero-order valence-corrected chi connectivity index (χ0v) is 12.9. The van der Waals surface area contributed by atoms with Gasteiger partial charge in [-0.1, -0.05) is 13.8 Å². The molecule has 0 unspecified atom stereocenters. The average Bonchev–Trinajstić information content (AvgIpc) is 2.37. The number of rotatable bonds is 5. The molecule has 0 aromatic carbocycles. The maximum atomic E-state index is 6.09. The van der Waals surface area contributed by atoms with Crippen LogP contribution in [-0.4, -0.2) is 35.9 Å². The Kier molecular flexibility index (Phi) is 4.22. The van der Waals surface area contributed by atoms with Gasteiger partial charge in [-0.05, 0) is 31.7 Å². The van der Waals surface area contributed by atoms with E-state index in [9.17, 15) is 0 Å². The molecule has 0 aliphatic carbocycles. The summed E-state index contributed by atoms with van der Waals surface area (Å²) in [5.41, 5.74) is 5.83. The smallest absolute Gasteiger partial charge is 0.240 e. The molecule has 2 aromatic heterocycles. The van der Waals surface area contributed by atoms with E-state index in [1.165, 1.54) is 0 Å². The zero-order valence-electron chi connectivity index (χ0n) is 12.9. The van der Waals surface area contributed by atoms with Crippen LogP contribution in [0.4, 0.5) is 0 Å². The van der Waals surface area contributed by atoms with E-state index in [-0.39, 0.29) is 11.0 Å². The number of aromatic nitrogens is 6. The topological polar surface area (TPSA) is 103 Å². The lowest BCUT2D eigenvalue weighted by molar-refractivity contribution is 0.252. The predicted octanol–water partition coefficient (Wildman–Crippen LogP) is 1.42. The van der Waals surface area contributed by atoms with Crippen LogP contribution in [0, 0.1) is 5.41 Å². The van der Waals surface area contributed by atoms with Gasteiger partial charge < -0.3 is 5.73 Å². The first-order chi connectivity index (χ1) is 9.75. The zero-order chi connectivity index (χ0) is 15.5. The van der Waals surface area contributed by atoms with Crippen LogP contribution in [0.15, 0.2) is 18.5 Å². The van der Waals surface area contributed by atoms with Crippen LogP contribution in [0.1, 0.15) is 39.9 Å². The molecule has 0 aliphatic rings. The van der Waals surface area contributed by atoms with Crippen LogP contribution >= 0.6 is 0 Å². The van der Waals surface area contributed by atoms with Crippen molar-refractivity contribution in [2.24, 2.45) is 11.1 Å². The molecule has 0 atom stereocenters. The fourth-order valence-electron chi connectivity index (χ4n) is 2.55. The first-order valence-corrected chi connectivity index (χ1v) is 6.88. The molecule has 0 bridgehead atoms. The average molecular weight is 287 g/mol. The lowest BCUT2D eigenvalue weighted by Crippen LogP contribution is -2.38. The minimum Gasteiger partial charge on any atom is -0.326 e. The Morgan fingerprint density at radius 3 is 2.00 bits per heavy atom. The van der Waals surface area contributed by atoms with Gasteiger partial charge >= 0.3 is 0 Å². The molecule has 21 heavy (non-hydrogen) atoms. The maximum Gasteiger partial charge on any atom is 0.240 e. The van der Waals surface area contributed by atoms with Crippen molar-refractivity contribution in [2.75, 3.05) is 0 Å². The molecule has 7 heteroatoms. The van der Waals surface area contributed by atoms with Gasteiger partial charge in [0.2, 0.25) is 11.6 Å². The maximum absolute atomic E-state index is 6.09. The summed E-state index contributed by atoms with van der Waals surface area (Å²) < 4.78 is 0. The van der Waals surface area contributed by atoms with Crippen LogP contribution in [0.5, 0.6) is 0 Å². The van der Waals surface area contributed by atoms with Crippen molar-refractivity contribution in [2.45, 2.75) is 46.1 Å². The van der Waals surface area contributed by atoms with Gasteiger partial charge in [0.05, 0.1) is 0 Å². The highest BCUT2D eigenvalue weighted by molar-refractivity contribution is 5.39. The number of hydrogen-bond acceptors (Lipinski definition) is 7. The highest BCUT2D eigenvalue weighted by atomic mass is 15.3. The third-order valence-corrected chi connectivity index (χ3v) is 2.86. The van der Waals surface area contributed by atoms with Crippen molar-refractivity contribution in [3.63, 3.8) is 0 Å². The SMILES string of the molecule is CC(C)(N)CC(C)(C)Cc1nnc(-c2ncccn2)nn1. The van der Waals surface area contributed by atoms with E-state index in [1.54, 1.807) is 18.5 Å². The fourth-order valence-corrected chi connectivity index (χ4v) is 2.55. The first-order valence-electron chi connectivity index (χ1n) is 6.88. The summed E-state index contributed by atoms with van der Waals surface area (Å²) >= 11 is 0. The van der Waals surface area contributed by atoms with Gasteiger partial charge in [-0.25, -0.2) is 9.97 Å². The van der Waals surface area contributed by atoms with Gasteiger partial charge in [0.1, 0.15) is 0 Å². The van der Waals surface area contributed by atoms with E-state index < -0.39 is 0 Å². The standard InChI is InChI=1S/C14H21N7/c1-13(2,9-14(3,4)15)8-10-18-20-12(21-19-10)11-16-6-5-7-17-11/h5-7H,8-9,15H2,1-4H3. The molecule has 2 rings (SSSR count). The van der Waals surface area contributed by atoms with Crippen LogP contribution in [0.3, 0.4) is 0 Å². The van der Waals surface area contributed by atoms with E-state index in [4.69, 9.17) is 5.73 Å².